The molecule has 7 heteroatoms. The molecule has 1 aliphatic heterocycles. The van der Waals surface area contributed by atoms with Gasteiger partial charge in [-0.05, 0) is 30.3 Å². The second-order valence-electron chi connectivity index (χ2n) is 6.91. The smallest absolute Gasteiger partial charge is 0.324 e. The second-order valence-corrected chi connectivity index (χ2v) is 6.91. The van der Waals surface area contributed by atoms with Crippen LogP contribution in [0.1, 0.15) is 31.1 Å². The molecule has 150 valence electrons. The minimum Gasteiger partial charge on any atom is -0.324 e. The van der Waals surface area contributed by atoms with Gasteiger partial charge in [0.25, 0.3) is 11.8 Å². The van der Waals surface area contributed by atoms with E-state index in [0.717, 1.165) is 0 Å². The first kappa shape index (κ1) is 18.6. The van der Waals surface area contributed by atoms with Crippen molar-refractivity contribution in [2.24, 2.45) is 0 Å². The summed E-state index contributed by atoms with van der Waals surface area (Å²) in [7, 11) is 0. The fraction of sp³-hybridized carbons (Fsp3) is 0. The van der Waals surface area contributed by atoms with Gasteiger partial charge >= 0.3 is 5.97 Å². The molecule has 0 aliphatic carbocycles. The van der Waals surface area contributed by atoms with Gasteiger partial charge in [-0.1, -0.05) is 47.5 Å². The lowest BCUT2D eigenvalue weighted by Crippen LogP contribution is -2.32. The predicted molar refractivity (Wildman–Crippen MR) is 109 cm³/mol. The van der Waals surface area contributed by atoms with E-state index < -0.39 is 23.6 Å². The zero-order chi connectivity index (χ0) is 21.5. The third kappa shape index (κ3) is 3.12. The molecule has 0 unspecified atom stereocenters. The maximum Gasteiger partial charge on any atom is 0.364 e. The van der Waals surface area contributed by atoms with Crippen molar-refractivity contribution in [3.8, 4) is 11.3 Å². The fourth-order valence-corrected chi connectivity index (χ4v) is 3.51. The van der Waals surface area contributed by atoms with Crippen LogP contribution in [0.25, 0.3) is 22.2 Å². The number of fused-ring (bicyclic) bond motifs is 2. The van der Waals surface area contributed by atoms with Crippen molar-refractivity contribution in [3.63, 3.8) is 0 Å². The highest BCUT2D eigenvalue weighted by Crippen LogP contribution is 2.28. The van der Waals surface area contributed by atoms with Gasteiger partial charge in [-0.25, -0.2) is 14.2 Å². The van der Waals surface area contributed by atoms with E-state index in [1.165, 1.54) is 36.4 Å². The SMILES string of the molecule is O=C(ON1C(=O)c2ccccc2C1=O)c1cc(-c2ccccc2)nc2cc(F)ccc12. The Morgan fingerprint density at radius 3 is 2.16 bits per heavy atom. The maximum atomic E-state index is 13.8. The number of rotatable bonds is 3. The number of nitrogens with zero attached hydrogens (tertiary/aromatic N) is 2. The molecule has 3 aromatic carbocycles. The van der Waals surface area contributed by atoms with Crippen LogP contribution in [0.4, 0.5) is 4.39 Å². The molecular formula is C24H13FN2O4. The number of amides is 2. The van der Waals surface area contributed by atoms with Crippen LogP contribution >= 0.6 is 0 Å². The van der Waals surface area contributed by atoms with Crippen molar-refractivity contribution >= 4 is 28.7 Å². The quantitative estimate of drug-likeness (QED) is 0.466. The first-order chi connectivity index (χ1) is 15.0. The van der Waals surface area contributed by atoms with Gasteiger partial charge in [-0.15, -0.1) is 0 Å². The second kappa shape index (κ2) is 7.14. The molecule has 0 spiro atoms. The molecule has 0 saturated heterocycles. The zero-order valence-electron chi connectivity index (χ0n) is 15.9. The standard InChI is InChI=1S/C24H13FN2O4/c25-15-10-11-16-19(13-20(26-21(16)12-15)14-6-2-1-3-7-14)24(30)31-27-22(28)17-8-4-5-9-18(17)23(27)29/h1-13H. The minimum absolute atomic E-state index is 0.0559. The Balaban J connectivity index is 1.57. The summed E-state index contributed by atoms with van der Waals surface area (Å²) in [5, 5.41) is 0.785. The van der Waals surface area contributed by atoms with Gasteiger partial charge in [0, 0.05) is 17.0 Å². The molecule has 31 heavy (non-hydrogen) atoms. The van der Waals surface area contributed by atoms with Crippen LogP contribution in [-0.4, -0.2) is 27.8 Å². The number of pyridine rings is 1. The van der Waals surface area contributed by atoms with Crippen LogP contribution in [0.15, 0.2) is 78.9 Å². The monoisotopic (exact) mass is 412 g/mol. The Labute approximate surface area is 175 Å². The molecule has 0 atom stereocenters. The number of aromatic nitrogens is 1. The average molecular weight is 412 g/mol. The number of hydrogen-bond donors (Lipinski definition) is 0. The Morgan fingerprint density at radius 2 is 1.48 bits per heavy atom. The summed E-state index contributed by atoms with van der Waals surface area (Å²) in [6.45, 7) is 0. The molecule has 1 aromatic heterocycles. The largest absolute Gasteiger partial charge is 0.364 e. The van der Waals surface area contributed by atoms with Crippen molar-refractivity contribution < 1.29 is 23.6 Å². The number of carbonyl (C=O) groups excluding carboxylic acids is 3. The first-order valence-corrected chi connectivity index (χ1v) is 9.39. The Morgan fingerprint density at radius 1 is 0.839 bits per heavy atom. The van der Waals surface area contributed by atoms with Gasteiger partial charge in [0.2, 0.25) is 0 Å². The fourth-order valence-electron chi connectivity index (χ4n) is 3.51. The molecule has 0 fully saturated rings. The molecule has 2 heterocycles. The number of halogens is 1. The van der Waals surface area contributed by atoms with Crippen LogP contribution < -0.4 is 0 Å². The summed E-state index contributed by atoms with van der Waals surface area (Å²) in [4.78, 5) is 47.8. The molecule has 0 bridgehead atoms. The van der Waals surface area contributed by atoms with Crippen LogP contribution in [0.3, 0.4) is 0 Å². The molecule has 6 nitrogen and oxygen atoms in total. The van der Waals surface area contributed by atoms with E-state index in [0.29, 0.717) is 21.7 Å². The van der Waals surface area contributed by atoms with E-state index in [9.17, 15) is 18.8 Å². The molecule has 0 saturated carbocycles. The molecular weight excluding hydrogens is 399 g/mol. The summed E-state index contributed by atoms with van der Waals surface area (Å²) < 4.78 is 13.8. The van der Waals surface area contributed by atoms with Gasteiger partial charge in [0.15, 0.2) is 0 Å². The number of hydroxylamine groups is 2. The topological polar surface area (TPSA) is 76.6 Å². The Kier molecular flexibility index (Phi) is 4.29. The van der Waals surface area contributed by atoms with Gasteiger partial charge in [0.1, 0.15) is 5.82 Å². The zero-order valence-corrected chi connectivity index (χ0v) is 15.9. The van der Waals surface area contributed by atoms with Gasteiger partial charge in [-0.2, -0.15) is 0 Å². The molecule has 1 aliphatic rings. The highest BCUT2D eigenvalue weighted by atomic mass is 19.1. The van der Waals surface area contributed by atoms with Crippen LogP contribution in [0.2, 0.25) is 0 Å². The summed E-state index contributed by atoms with van der Waals surface area (Å²) in [6, 6.07) is 20.6. The van der Waals surface area contributed by atoms with E-state index in [2.05, 4.69) is 4.98 Å². The van der Waals surface area contributed by atoms with E-state index >= 15 is 0 Å². The van der Waals surface area contributed by atoms with Crippen LogP contribution in [0, 0.1) is 5.82 Å². The maximum absolute atomic E-state index is 13.8. The third-order valence-electron chi connectivity index (χ3n) is 4.99. The van der Waals surface area contributed by atoms with Crippen molar-refractivity contribution in [1.29, 1.82) is 0 Å². The number of benzene rings is 3. The molecule has 2 amide bonds. The molecule has 5 rings (SSSR count). The first-order valence-electron chi connectivity index (χ1n) is 9.39. The number of imide groups is 1. The molecule has 0 N–H and O–H groups in total. The number of carbonyl (C=O) groups is 3. The van der Waals surface area contributed by atoms with Crippen molar-refractivity contribution in [3.05, 3.63) is 101 Å². The highest BCUT2D eigenvalue weighted by molar-refractivity contribution is 6.21. The highest BCUT2D eigenvalue weighted by Gasteiger charge is 2.39. The van der Waals surface area contributed by atoms with E-state index in [-0.39, 0.29) is 22.2 Å². The molecule has 0 radical (unpaired) electrons. The summed E-state index contributed by atoms with van der Waals surface area (Å²) >= 11 is 0. The van der Waals surface area contributed by atoms with Crippen molar-refractivity contribution in [2.45, 2.75) is 0 Å². The van der Waals surface area contributed by atoms with E-state index in [1.807, 2.05) is 18.2 Å². The lowest BCUT2D eigenvalue weighted by atomic mass is 10.0. The number of hydrogen-bond acceptors (Lipinski definition) is 5. The van der Waals surface area contributed by atoms with Gasteiger partial charge in [0.05, 0.1) is 27.9 Å². The summed E-state index contributed by atoms with van der Waals surface area (Å²) in [6.07, 6.45) is 0. The minimum atomic E-state index is -0.925. The normalized spacial score (nSPS) is 12.9. The lowest BCUT2D eigenvalue weighted by Gasteiger charge is -2.14. The van der Waals surface area contributed by atoms with Crippen LogP contribution in [0.5, 0.6) is 0 Å². The van der Waals surface area contributed by atoms with E-state index in [4.69, 9.17) is 4.84 Å². The van der Waals surface area contributed by atoms with Crippen molar-refractivity contribution in [2.75, 3.05) is 0 Å². The molecule has 4 aromatic rings. The summed E-state index contributed by atoms with van der Waals surface area (Å²) in [5.74, 6) is -2.88. The predicted octanol–water partition coefficient (Wildman–Crippen LogP) is 4.41. The Bertz CT molecular complexity index is 1350. The van der Waals surface area contributed by atoms with Crippen molar-refractivity contribution in [1.82, 2.24) is 10.0 Å². The van der Waals surface area contributed by atoms with Crippen LogP contribution in [-0.2, 0) is 4.84 Å². The van der Waals surface area contributed by atoms with Gasteiger partial charge in [-0.3, -0.25) is 9.59 Å². The van der Waals surface area contributed by atoms with Gasteiger partial charge < -0.3 is 4.84 Å². The third-order valence-corrected chi connectivity index (χ3v) is 4.99. The lowest BCUT2D eigenvalue weighted by molar-refractivity contribution is -0.0583. The van der Waals surface area contributed by atoms with E-state index in [1.54, 1.807) is 24.3 Å². The Hall–Kier alpha value is -4.39. The summed E-state index contributed by atoms with van der Waals surface area (Å²) in [5.41, 5.74) is 1.76. The average Bonchev–Trinajstić information content (AvgIpc) is 3.03.